The van der Waals surface area contributed by atoms with Crippen LogP contribution in [0.2, 0.25) is 0 Å². The number of amides is 2. The second kappa shape index (κ2) is 10.6. The molecule has 3 rings (SSSR count). The van der Waals surface area contributed by atoms with Crippen molar-refractivity contribution in [1.29, 1.82) is 0 Å². The molecule has 1 unspecified atom stereocenters. The summed E-state index contributed by atoms with van der Waals surface area (Å²) in [6, 6.07) is 10.2. The number of carbonyl (C=O) groups excluding carboxylic acids is 1. The monoisotopic (exact) mass is 513 g/mol. The fraction of sp³-hybridized carbons (Fsp3) is 0.476. The van der Waals surface area contributed by atoms with Crippen LogP contribution in [-0.2, 0) is 16.6 Å². The molecule has 0 bridgehead atoms. The largest absolute Gasteiger partial charge is 0.336 e. The number of benzene rings is 1. The van der Waals surface area contributed by atoms with E-state index < -0.39 is 10.0 Å². The maximum Gasteiger partial charge on any atom is 0.315 e. The van der Waals surface area contributed by atoms with Crippen molar-refractivity contribution in [3.63, 3.8) is 0 Å². The molecule has 0 spiro atoms. The summed E-state index contributed by atoms with van der Waals surface area (Å²) in [5.41, 5.74) is 1.16. The van der Waals surface area contributed by atoms with Gasteiger partial charge in [0.2, 0.25) is 0 Å². The van der Waals surface area contributed by atoms with Gasteiger partial charge in [-0.05, 0) is 59.0 Å². The van der Waals surface area contributed by atoms with Crippen molar-refractivity contribution in [2.24, 2.45) is 5.92 Å². The molecule has 1 fully saturated rings. The van der Waals surface area contributed by atoms with Gasteiger partial charge in [-0.2, -0.15) is 0 Å². The van der Waals surface area contributed by atoms with Crippen molar-refractivity contribution < 1.29 is 13.2 Å². The van der Waals surface area contributed by atoms with E-state index in [0.717, 1.165) is 21.5 Å². The minimum absolute atomic E-state index is 0.110. The fourth-order valence-electron chi connectivity index (χ4n) is 3.84. The molecule has 1 aliphatic rings. The van der Waals surface area contributed by atoms with Gasteiger partial charge in [0, 0.05) is 12.6 Å². The Bertz CT molecular complexity index is 956. The van der Waals surface area contributed by atoms with Crippen LogP contribution in [0.1, 0.15) is 51.0 Å². The van der Waals surface area contributed by atoms with Gasteiger partial charge in [-0.1, -0.05) is 50.3 Å². The molecule has 9 heteroatoms. The van der Waals surface area contributed by atoms with Crippen LogP contribution in [0.15, 0.2) is 44.4 Å². The molecular formula is C21H28BrN3O3S2. The summed E-state index contributed by atoms with van der Waals surface area (Å²) < 4.78 is 28.8. The molecule has 1 aromatic heterocycles. The normalized spacial score (nSPS) is 16.1. The molecule has 1 heterocycles. The fourth-order valence-corrected chi connectivity index (χ4v) is 6.95. The maximum atomic E-state index is 12.6. The summed E-state index contributed by atoms with van der Waals surface area (Å²) in [5.74, 6) is 0.696. The minimum Gasteiger partial charge on any atom is -0.336 e. The molecule has 1 aromatic carbocycles. The van der Waals surface area contributed by atoms with E-state index in [1.54, 1.807) is 30.3 Å². The predicted molar refractivity (Wildman–Crippen MR) is 125 cm³/mol. The summed E-state index contributed by atoms with van der Waals surface area (Å²) in [4.78, 5) is 12.3. The smallest absolute Gasteiger partial charge is 0.315 e. The first-order valence-corrected chi connectivity index (χ1v) is 13.3. The zero-order chi connectivity index (χ0) is 21.6. The van der Waals surface area contributed by atoms with E-state index in [1.165, 1.54) is 32.1 Å². The molecule has 164 valence electrons. The number of thiophene rings is 1. The lowest BCUT2D eigenvalue weighted by Gasteiger charge is -2.25. The first kappa shape index (κ1) is 23.1. The molecule has 1 aliphatic carbocycles. The molecule has 30 heavy (non-hydrogen) atoms. The number of hydrogen-bond donors (Lipinski definition) is 3. The van der Waals surface area contributed by atoms with Gasteiger partial charge in [0.15, 0.2) is 0 Å². The van der Waals surface area contributed by atoms with Crippen molar-refractivity contribution in [2.75, 3.05) is 4.72 Å². The Labute approximate surface area is 191 Å². The van der Waals surface area contributed by atoms with Gasteiger partial charge in [0.25, 0.3) is 10.0 Å². The number of para-hydroxylation sites is 1. The summed E-state index contributed by atoms with van der Waals surface area (Å²) in [5, 5.41) is 5.85. The molecule has 2 amide bonds. The average Bonchev–Trinajstić information content (AvgIpc) is 3.15. The Balaban J connectivity index is 1.55. The maximum absolute atomic E-state index is 12.6. The lowest BCUT2D eigenvalue weighted by molar-refractivity contribution is 0.232. The lowest BCUT2D eigenvalue weighted by atomic mass is 9.85. The molecule has 0 radical (unpaired) electrons. The third kappa shape index (κ3) is 6.72. The van der Waals surface area contributed by atoms with Gasteiger partial charge < -0.3 is 10.6 Å². The molecular weight excluding hydrogens is 486 g/mol. The third-order valence-corrected chi connectivity index (χ3v) is 8.78. The molecule has 1 atom stereocenters. The van der Waals surface area contributed by atoms with E-state index in [4.69, 9.17) is 0 Å². The zero-order valence-corrected chi connectivity index (χ0v) is 20.2. The first-order valence-electron chi connectivity index (χ1n) is 10.2. The molecule has 0 saturated heterocycles. The van der Waals surface area contributed by atoms with E-state index >= 15 is 0 Å². The summed E-state index contributed by atoms with van der Waals surface area (Å²) in [7, 11) is -3.68. The zero-order valence-electron chi connectivity index (χ0n) is 17.0. The van der Waals surface area contributed by atoms with Crippen molar-refractivity contribution in [3.05, 3.63) is 45.7 Å². The molecule has 1 saturated carbocycles. The lowest BCUT2D eigenvalue weighted by Crippen LogP contribution is -2.41. The SMILES string of the molecule is CC(CC1CCCCC1)NC(=O)NCc1ccccc1NS(=O)(=O)c1ccc(Br)s1. The highest BCUT2D eigenvalue weighted by Gasteiger charge is 2.19. The van der Waals surface area contributed by atoms with Gasteiger partial charge >= 0.3 is 6.03 Å². The van der Waals surface area contributed by atoms with Gasteiger partial charge in [-0.15, -0.1) is 11.3 Å². The minimum atomic E-state index is -3.68. The van der Waals surface area contributed by atoms with Crippen LogP contribution >= 0.6 is 27.3 Å². The number of hydrogen-bond acceptors (Lipinski definition) is 4. The summed E-state index contributed by atoms with van der Waals surface area (Å²) >= 11 is 4.43. The summed E-state index contributed by atoms with van der Waals surface area (Å²) in [6.45, 7) is 2.27. The molecule has 3 N–H and O–H groups in total. The Morgan fingerprint density at radius 1 is 1.17 bits per heavy atom. The van der Waals surface area contributed by atoms with Gasteiger partial charge in [0.1, 0.15) is 4.21 Å². The number of anilines is 1. The van der Waals surface area contributed by atoms with Crippen LogP contribution in [-0.4, -0.2) is 20.5 Å². The number of sulfonamides is 1. The van der Waals surface area contributed by atoms with Crippen molar-refractivity contribution in [2.45, 2.75) is 62.2 Å². The topological polar surface area (TPSA) is 87.3 Å². The van der Waals surface area contributed by atoms with Crippen LogP contribution in [0.3, 0.4) is 0 Å². The van der Waals surface area contributed by atoms with Gasteiger partial charge in [-0.25, -0.2) is 13.2 Å². The predicted octanol–water partition coefficient (Wildman–Crippen LogP) is 5.47. The van der Waals surface area contributed by atoms with E-state index in [2.05, 4.69) is 31.3 Å². The second-order valence-corrected chi connectivity index (χ2v) is 12.2. The van der Waals surface area contributed by atoms with Crippen molar-refractivity contribution >= 4 is 49.0 Å². The quantitative estimate of drug-likeness (QED) is 0.437. The Hall–Kier alpha value is -1.58. The second-order valence-electron chi connectivity index (χ2n) is 7.79. The number of urea groups is 1. The van der Waals surface area contributed by atoms with Crippen LogP contribution < -0.4 is 15.4 Å². The van der Waals surface area contributed by atoms with E-state index in [-0.39, 0.29) is 22.8 Å². The number of nitrogens with one attached hydrogen (secondary N) is 3. The van der Waals surface area contributed by atoms with Crippen molar-refractivity contribution in [1.82, 2.24) is 10.6 Å². The van der Waals surface area contributed by atoms with Crippen LogP contribution in [0, 0.1) is 5.92 Å². The van der Waals surface area contributed by atoms with E-state index in [1.807, 2.05) is 13.0 Å². The highest BCUT2D eigenvalue weighted by atomic mass is 79.9. The van der Waals surface area contributed by atoms with Gasteiger partial charge in [0.05, 0.1) is 9.47 Å². The number of rotatable bonds is 8. The van der Waals surface area contributed by atoms with Crippen LogP contribution in [0.4, 0.5) is 10.5 Å². The number of carbonyl (C=O) groups is 1. The first-order chi connectivity index (χ1) is 14.3. The standard InChI is InChI=1S/C21H28BrN3O3S2/c1-15(13-16-7-3-2-4-8-16)24-21(26)23-14-17-9-5-6-10-18(17)25-30(27,28)20-12-11-19(22)29-20/h5-6,9-12,15-16,25H,2-4,7-8,13-14H2,1H3,(H2,23,24,26). The highest BCUT2D eigenvalue weighted by Crippen LogP contribution is 2.29. The molecule has 2 aromatic rings. The Morgan fingerprint density at radius 2 is 1.90 bits per heavy atom. The Kier molecular flexibility index (Phi) is 8.19. The van der Waals surface area contributed by atoms with Crippen LogP contribution in [0.25, 0.3) is 0 Å². The van der Waals surface area contributed by atoms with Crippen molar-refractivity contribution in [3.8, 4) is 0 Å². The van der Waals surface area contributed by atoms with E-state index in [0.29, 0.717) is 17.2 Å². The van der Waals surface area contributed by atoms with Gasteiger partial charge in [-0.3, -0.25) is 4.72 Å². The van der Waals surface area contributed by atoms with E-state index in [9.17, 15) is 13.2 Å². The third-order valence-electron chi connectivity index (χ3n) is 5.30. The highest BCUT2D eigenvalue weighted by molar-refractivity contribution is 9.11. The molecule has 0 aliphatic heterocycles. The number of halogens is 1. The molecule has 6 nitrogen and oxygen atoms in total. The summed E-state index contributed by atoms with van der Waals surface area (Å²) in [6.07, 6.45) is 7.41. The average molecular weight is 515 g/mol. The van der Waals surface area contributed by atoms with Crippen LogP contribution in [0.5, 0.6) is 0 Å². The Morgan fingerprint density at radius 3 is 2.60 bits per heavy atom.